The van der Waals surface area contributed by atoms with Crippen LogP contribution in [-0.2, 0) is 14.4 Å². The Bertz CT molecular complexity index is 2190. The number of carbonyl (C=O) groups excluding carboxylic acids is 2. The smallest absolute Gasteiger partial charge is 0.336 e. The molecule has 0 aromatic heterocycles. The number of nitriles is 1. The van der Waals surface area contributed by atoms with Gasteiger partial charge in [-0.3, -0.25) is 9.59 Å². The normalized spacial score (nSPS) is 14.9. The molecule has 5 rings (SSSR count). The highest BCUT2D eigenvalue weighted by atomic mass is 35.5. The SMILES string of the molecule is COc1c(C#N)cc2ccccc2c1N(C[C@@H](CCN1CCC(c2ccccc2NC(=O)N(C)C)CC1)c1ccc(Cl)c(Cl)c1)C(=O)CC(O)(CC(=O)O)C(=O)O. The second-order valence-corrected chi connectivity index (χ2v) is 15.2. The summed E-state index contributed by atoms with van der Waals surface area (Å²) < 4.78 is 5.75. The number of carboxylic acids is 2. The summed E-state index contributed by atoms with van der Waals surface area (Å²) in [5.41, 5.74) is -0.0814. The second kappa shape index (κ2) is 18.7. The molecule has 2 atom stereocenters. The Kier molecular flexibility index (Phi) is 14.0. The molecular formula is C42H45Cl2N5O8. The van der Waals surface area contributed by atoms with Crippen molar-refractivity contribution in [3.63, 3.8) is 0 Å². The number of fused-ring (bicyclic) bond motifs is 1. The van der Waals surface area contributed by atoms with Gasteiger partial charge in [-0.2, -0.15) is 5.26 Å². The molecule has 1 fully saturated rings. The van der Waals surface area contributed by atoms with Crippen molar-refractivity contribution in [2.24, 2.45) is 0 Å². The van der Waals surface area contributed by atoms with Crippen molar-refractivity contribution in [1.29, 1.82) is 5.26 Å². The van der Waals surface area contributed by atoms with Gasteiger partial charge in [0.1, 0.15) is 6.07 Å². The lowest BCUT2D eigenvalue weighted by atomic mass is 9.87. The molecule has 15 heteroatoms. The first-order chi connectivity index (χ1) is 27.1. The molecule has 0 radical (unpaired) electrons. The van der Waals surface area contributed by atoms with Crippen molar-refractivity contribution in [3.8, 4) is 11.8 Å². The number of hydrogen-bond donors (Lipinski definition) is 4. The lowest BCUT2D eigenvalue weighted by Crippen LogP contribution is -2.47. The monoisotopic (exact) mass is 817 g/mol. The topological polar surface area (TPSA) is 184 Å². The number of ether oxygens (including phenoxy) is 1. The number of urea groups is 1. The maximum absolute atomic E-state index is 14.5. The number of amides is 3. The fourth-order valence-corrected chi connectivity index (χ4v) is 7.65. The Balaban J connectivity index is 1.50. The van der Waals surface area contributed by atoms with Gasteiger partial charge in [-0.1, -0.05) is 71.7 Å². The molecule has 3 amide bonds. The maximum Gasteiger partial charge on any atom is 0.336 e. The Morgan fingerprint density at radius 1 is 0.982 bits per heavy atom. The van der Waals surface area contributed by atoms with Crippen molar-refractivity contribution in [2.45, 2.75) is 49.5 Å². The van der Waals surface area contributed by atoms with Gasteiger partial charge in [-0.05, 0) is 85.6 Å². The molecule has 300 valence electrons. The predicted octanol–water partition coefficient (Wildman–Crippen LogP) is 7.19. The summed E-state index contributed by atoms with van der Waals surface area (Å²) in [5, 5.41) is 45.4. The number of carboxylic acid groups (broad SMARTS) is 2. The second-order valence-electron chi connectivity index (χ2n) is 14.4. The summed E-state index contributed by atoms with van der Waals surface area (Å²) in [5.74, 6) is -4.56. The number of piperidine rings is 1. The number of nitrogens with zero attached hydrogens (tertiary/aromatic N) is 4. The van der Waals surface area contributed by atoms with E-state index in [1.54, 1.807) is 62.6 Å². The molecule has 1 aliphatic rings. The third-order valence-corrected chi connectivity index (χ3v) is 11.1. The van der Waals surface area contributed by atoms with E-state index in [4.69, 9.17) is 27.9 Å². The summed E-state index contributed by atoms with van der Waals surface area (Å²) >= 11 is 12.9. The van der Waals surface area contributed by atoms with Crippen LogP contribution in [0.2, 0.25) is 10.0 Å². The van der Waals surface area contributed by atoms with Gasteiger partial charge in [0.25, 0.3) is 0 Å². The van der Waals surface area contributed by atoms with Crippen LogP contribution in [0.5, 0.6) is 5.75 Å². The summed E-state index contributed by atoms with van der Waals surface area (Å²) in [6.45, 7) is 2.00. The van der Waals surface area contributed by atoms with Gasteiger partial charge < -0.3 is 40.1 Å². The number of anilines is 2. The van der Waals surface area contributed by atoms with Crippen molar-refractivity contribution < 1.29 is 39.2 Å². The highest BCUT2D eigenvalue weighted by Crippen LogP contribution is 2.42. The fraction of sp³-hybridized carbons (Fsp3) is 0.357. The summed E-state index contributed by atoms with van der Waals surface area (Å²) in [6.07, 6.45) is -0.160. The highest BCUT2D eigenvalue weighted by Gasteiger charge is 2.43. The maximum atomic E-state index is 14.5. The van der Waals surface area contributed by atoms with E-state index in [1.165, 1.54) is 16.9 Å². The molecule has 0 spiro atoms. The standard InChI is InChI=1S/C42H45Cl2N5O8/c1-47(2)41(55)46-35-11-7-6-9-31(35)26-14-17-48(18-15-26)19-16-29(27-12-13-33(43)34(44)21-27)25-49(36(50)22-42(56,40(53)54)23-37(51)52)38-32-10-5-4-8-28(32)20-30(24-45)39(38)57-3/h4-13,20-21,26,29,56H,14-19,22-23,25H2,1-3H3,(H,46,55)(H,51,52)(H,53,54)/t29-,42?/m1/s1. The average Bonchev–Trinajstić information content (AvgIpc) is 3.18. The van der Waals surface area contributed by atoms with Crippen molar-refractivity contribution >= 4 is 69.2 Å². The van der Waals surface area contributed by atoms with Crippen LogP contribution < -0.4 is 15.0 Å². The van der Waals surface area contributed by atoms with Crippen molar-refractivity contribution in [1.82, 2.24) is 9.80 Å². The lowest BCUT2D eigenvalue weighted by Gasteiger charge is -2.35. The van der Waals surface area contributed by atoms with Crippen LogP contribution in [0.25, 0.3) is 10.8 Å². The molecule has 1 aliphatic heterocycles. The molecule has 0 aliphatic carbocycles. The third-order valence-electron chi connectivity index (χ3n) is 10.4. The van der Waals surface area contributed by atoms with Crippen LogP contribution >= 0.6 is 23.2 Å². The first-order valence-corrected chi connectivity index (χ1v) is 19.1. The largest absolute Gasteiger partial charge is 0.493 e. The molecule has 13 nitrogen and oxygen atoms in total. The summed E-state index contributed by atoms with van der Waals surface area (Å²) in [7, 11) is 4.73. The average molecular weight is 819 g/mol. The number of aliphatic carboxylic acids is 2. The minimum absolute atomic E-state index is 0.0543. The number of para-hydroxylation sites is 1. The molecule has 0 saturated carbocycles. The summed E-state index contributed by atoms with van der Waals surface area (Å²) in [6, 6.07) is 23.5. The Hall–Kier alpha value is -5.39. The van der Waals surface area contributed by atoms with E-state index < -0.39 is 42.2 Å². The Morgan fingerprint density at radius 3 is 2.30 bits per heavy atom. The first kappa shape index (κ1) is 42.7. The van der Waals surface area contributed by atoms with Gasteiger partial charge in [0.05, 0.1) is 41.2 Å². The van der Waals surface area contributed by atoms with Crippen LogP contribution in [-0.4, -0.2) is 102 Å². The van der Waals surface area contributed by atoms with E-state index in [9.17, 15) is 39.8 Å². The van der Waals surface area contributed by atoms with E-state index in [-0.39, 0.29) is 40.5 Å². The molecule has 4 aromatic carbocycles. The van der Waals surface area contributed by atoms with E-state index >= 15 is 0 Å². The Labute approximate surface area is 340 Å². The molecule has 1 heterocycles. The predicted molar refractivity (Wildman–Crippen MR) is 218 cm³/mol. The van der Waals surface area contributed by atoms with Crippen LogP contribution in [0.3, 0.4) is 0 Å². The van der Waals surface area contributed by atoms with E-state index in [1.807, 2.05) is 24.3 Å². The number of hydrogen-bond acceptors (Lipinski definition) is 8. The Morgan fingerprint density at radius 2 is 1.67 bits per heavy atom. The number of rotatable bonds is 15. The minimum Gasteiger partial charge on any atom is -0.493 e. The van der Waals surface area contributed by atoms with E-state index in [2.05, 4.69) is 16.3 Å². The van der Waals surface area contributed by atoms with Crippen LogP contribution in [0.15, 0.2) is 72.8 Å². The van der Waals surface area contributed by atoms with Gasteiger partial charge in [0, 0.05) is 37.6 Å². The van der Waals surface area contributed by atoms with Gasteiger partial charge >= 0.3 is 18.0 Å². The van der Waals surface area contributed by atoms with E-state index in [0.717, 1.165) is 42.7 Å². The highest BCUT2D eigenvalue weighted by molar-refractivity contribution is 6.42. The number of carbonyl (C=O) groups is 4. The number of likely N-dealkylation sites (tertiary alicyclic amines) is 1. The molecular weight excluding hydrogens is 773 g/mol. The molecule has 0 bridgehead atoms. The number of halogens is 2. The van der Waals surface area contributed by atoms with Crippen LogP contribution in [0.4, 0.5) is 16.2 Å². The molecule has 4 aromatic rings. The zero-order valence-corrected chi connectivity index (χ0v) is 33.4. The van der Waals surface area contributed by atoms with Gasteiger partial charge in [0.2, 0.25) is 5.91 Å². The number of benzene rings is 4. The summed E-state index contributed by atoms with van der Waals surface area (Å²) in [4.78, 5) is 56.1. The van der Waals surface area contributed by atoms with E-state index in [0.29, 0.717) is 28.8 Å². The minimum atomic E-state index is -2.94. The van der Waals surface area contributed by atoms with Crippen molar-refractivity contribution in [2.75, 3.05) is 57.6 Å². The number of nitrogens with one attached hydrogen (secondary N) is 1. The third kappa shape index (κ3) is 10.1. The molecule has 4 N–H and O–H groups in total. The van der Waals surface area contributed by atoms with Gasteiger partial charge in [-0.15, -0.1) is 0 Å². The lowest BCUT2D eigenvalue weighted by molar-refractivity contribution is -0.167. The quantitative estimate of drug-likeness (QED) is 0.0958. The zero-order chi connectivity index (χ0) is 41.4. The zero-order valence-electron chi connectivity index (χ0n) is 31.9. The van der Waals surface area contributed by atoms with Crippen molar-refractivity contribution in [3.05, 3.63) is 99.5 Å². The first-order valence-electron chi connectivity index (χ1n) is 18.4. The fourth-order valence-electron chi connectivity index (χ4n) is 7.34. The molecule has 57 heavy (non-hydrogen) atoms. The number of aliphatic hydroxyl groups is 1. The number of methoxy groups -OCH3 is 1. The van der Waals surface area contributed by atoms with Crippen LogP contribution in [0.1, 0.15) is 60.6 Å². The van der Waals surface area contributed by atoms with Crippen LogP contribution in [0, 0.1) is 11.3 Å². The van der Waals surface area contributed by atoms with Gasteiger partial charge in [0.15, 0.2) is 11.4 Å². The molecule has 1 saturated heterocycles. The molecule has 1 unspecified atom stereocenters. The van der Waals surface area contributed by atoms with Gasteiger partial charge in [-0.25, -0.2) is 9.59 Å².